The molecule has 1 N–H and O–H groups in total. The van der Waals surface area contributed by atoms with Crippen LogP contribution in [0, 0.1) is 31.5 Å². The predicted molar refractivity (Wildman–Crippen MR) is 106 cm³/mol. The molecule has 1 unspecified atom stereocenters. The van der Waals surface area contributed by atoms with Crippen molar-refractivity contribution >= 4 is 5.78 Å². The number of aliphatic hydroxyl groups is 1. The molecule has 0 fully saturated rings. The van der Waals surface area contributed by atoms with Crippen LogP contribution in [0.2, 0.25) is 0 Å². The fourth-order valence-electron chi connectivity index (χ4n) is 4.23. The second-order valence-electron chi connectivity index (χ2n) is 7.65. The fourth-order valence-corrected chi connectivity index (χ4v) is 4.23. The van der Waals surface area contributed by atoms with E-state index in [2.05, 4.69) is 6.58 Å². The molecular weight excluding hydrogens is 343 g/mol. The Hall–Kier alpha value is -1.78. The predicted octanol–water partition coefficient (Wildman–Crippen LogP) is 4.83. The summed E-state index contributed by atoms with van der Waals surface area (Å²) in [6.45, 7) is 11.2. The summed E-state index contributed by atoms with van der Waals surface area (Å²) in [5, 5.41) is 9.60. The Balaban J connectivity index is 2.44. The quantitative estimate of drug-likeness (QED) is 0.524. The molecule has 27 heavy (non-hydrogen) atoms. The van der Waals surface area contributed by atoms with E-state index in [1.54, 1.807) is 18.2 Å². The van der Waals surface area contributed by atoms with Crippen molar-refractivity contribution in [2.45, 2.75) is 59.0 Å². The SMILES string of the molecule is C=CCC1C[C@@](OCO)([C@@H](C)Cc2cc(C)c(C)cc2F)C(CC)=CC1=O. The largest absolute Gasteiger partial charge is 0.371 e. The first-order chi connectivity index (χ1) is 12.8. The van der Waals surface area contributed by atoms with Crippen LogP contribution in [0.3, 0.4) is 0 Å². The van der Waals surface area contributed by atoms with Gasteiger partial charge >= 0.3 is 0 Å². The van der Waals surface area contributed by atoms with E-state index >= 15 is 0 Å². The van der Waals surface area contributed by atoms with Gasteiger partial charge in [0.25, 0.3) is 0 Å². The van der Waals surface area contributed by atoms with E-state index in [0.717, 1.165) is 16.7 Å². The highest BCUT2D eigenvalue weighted by molar-refractivity contribution is 5.94. The van der Waals surface area contributed by atoms with Crippen molar-refractivity contribution in [3.8, 4) is 0 Å². The van der Waals surface area contributed by atoms with Gasteiger partial charge in [0.2, 0.25) is 0 Å². The minimum absolute atomic E-state index is 0.0773. The van der Waals surface area contributed by atoms with Gasteiger partial charge in [-0.15, -0.1) is 6.58 Å². The first-order valence-corrected chi connectivity index (χ1v) is 9.65. The third-order valence-electron chi connectivity index (χ3n) is 5.95. The summed E-state index contributed by atoms with van der Waals surface area (Å²) < 4.78 is 20.4. The summed E-state index contributed by atoms with van der Waals surface area (Å²) in [5.74, 6) is -0.474. The number of ketones is 1. The molecule has 0 saturated carbocycles. The number of halogens is 1. The summed E-state index contributed by atoms with van der Waals surface area (Å²) >= 11 is 0. The first-order valence-electron chi connectivity index (χ1n) is 9.65. The molecule has 0 saturated heterocycles. The molecule has 4 heteroatoms. The summed E-state index contributed by atoms with van der Waals surface area (Å²) in [6, 6.07) is 3.46. The molecule has 3 atom stereocenters. The van der Waals surface area contributed by atoms with Crippen LogP contribution in [-0.2, 0) is 16.0 Å². The molecule has 0 aliphatic heterocycles. The number of carbonyl (C=O) groups is 1. The van der Waals surface area contributed by atoms with E-state index in [9.17, 15) is 14.3 Å². The van der Waals surface area contributed by atoms with E-state index in [4.69, 9.17) is 4.74 Å². The Morgan fingerprint density at radius 3 is 2.67 bits per heavy atom. The maximum absolute atomic E-state index is 14.5. The van der Waals surface area contributed by atoms with Crippen molar-refractivity contribution < 1.29 is 19.0 Å². The number of carbonyl (C=O) groups excluding carboxylic acids is 1. The van der Waals surface area contributed by atoms with Gasteiger partial charge in [0, 0.05) is 5.92 Å². The van der Waals surface area contributed by atoms with Gasteiger partial charge in [0.15, 0.2) is 5.78 Å². The maximum atomic E-state index is 14.5. The van der Waals surface area contributed by atoms with Gasteiger partial charge < -0.3 is 9.84 Å². The van der Waals surface area contributed by atoms with Crippen molar-refractivity contribution in [3.05, 3.63) is 58.9 Å². The zero-order chi connectivity index (χ0) is 20.2. The molecule has 2 rings (SSSR count). The number of benzene rings is 1. The van der Waals surface area contributed by atoms with Crippen molar-refractivity contribution in [1.29, 1.82) is 0 Å². The summed E-state index contributed by atoms with van der Waals surface area (Å²) in [4.78, 5) is 12.5. The van der Waals surface area contributed by atoms with Crippen molar-refractivity contribution in [2.75, 3.05) is 6.79 Å². The average Bonchev–Trinajstić information content (AvgIpc) is 2.62. The number of aliphatic hydroxyl groups excluding tert-OH is 1. The molecule has 0 heterocycles. The Labute approximate surface area is 161 Å². The number of ether oxygens (including phenoxy) is 1. The number of hydrogen-bond donors (Lipinski definition) is 1. The molecule has 148 valence electrons. The smallest absolute Gasteiger partial charge is 0.159 e. The first kappa shape index (κ1) is 21.5. The van der Waals surface area contributed by atoms with Gasteiger partial charge in [-0.1, -0.05) is 26.0 Å². The normalized spacial score (nSPS) is 23.9. The van der Waals surface area contributed by atoms with Crippen LogP contribution in [0.1, 0.15) is 49.8 Å². The van der Waals surface area contributed by atoms with Crippen molar-refractivity contribution in [3.63, 3.8) is 0 Å². The standard InChI is InChI=1S/C23H31FO3/c1-6-8-18-13-23(27-14-25,20(7-2)12-22(18)26)17(5)11-19-9-15(3)16(4)10-21(19)24/h6,9-10,12,17-18,25H,1,7-8,11,13-14H2,2-5H3/t17-,18?,23+/m0/s1. The topological polar surface area (TPSA) is 46.5 Å². The van der Waals surface area contributed by atoms with Crippen molar-refractivity contribution in [1.82, 2.24) is 0 Å². The van der Waals surface area contributed by atoms with Crippen LogP contribution in [0.25, 0.3) is 0 Å². The summed E-state index contributed by atoms with van der Waals surface area (Å²) in [6.07, 6.45) is 5.57. The van der Waals surface area contributed by atoms with Gasteiger partial charge in [-0.25, -0.2) is 4.39 Å². The Morgan fingerprint density at radius 2 is 2.07 bits per heavy atom. The van der Waals surface area contributed by atoms with E-state index in [-0.39, 0.29) is 23.4 Å². The molecule has 1 aliphatic rings. The second kappa shape index (κ2) is 8.94. The minimum Gasteiger partial charge on any atom is -0.371 e. The molecule has 0 radical (unpaired) electrons. The van der Waals surface area contributed by atoms with Crippen LogP contribution in [0.5, 0.6) is 0 Å². The molecule has 0 spiro atoms. The van der Waals surface area contributed by atoms with Crippen molar-refractivity contribution in [2.24, 2.45) is 11.8 Å². The summed E-state index contributed by atoms with van der Waals surface area (Å²) in [7, 11) is 0. The lowest BCUT2D eigenvalue weighted by Gasteiger charge is -2.45. The molecule has 0 amide bonds. The lowest BCUT2D eigenvalue weighted by atomic mass is 9.67. The molecule has 0 aromatic heterocycles. The van der Waals surface area contributed by atoms with E-state index in [0.29, 0.717) is 31.2 Å². The number of rotatable bonds is 8. The highest BCUT2D eigenvalue weighted by atomic mass is 19.1. The molecule has 0 bridgehead atoms. The zero-order valence-electron chi connectivity index (χ0n) is 16.8. The zero-order valence-corrected chi connectivity index (χ0v) is 16.8. The van der Waals surface area contributed by atoms with Gasteiger partial charge in [0.1, 0.15) is 12.6 Å². The maximum Gasteiger partial charge on any atom is 0.159 e. The van der Waals surface area contributed by atoms with Crippen LogP contribution in [-0.4, -0.2) is 23.3 Å². The molecule has 3 nitrogen and oxygen atoms in total. The third kappa shape index (κ3) is 4.39. The fraction of sp³-hybridized carbons (Fsp3) is 0.522. The van der Waals surface area contributed by atoms with Gasteiger partial charge in [-0.05, 0) is 79.9 Å². The lowest BCUT2D eigenvalue weighted by molar-refractivity contribution is -0.145. The number of allylic oxidation sites excluding steroid dienone is 2. The summed E-state index contributed by atoms with van der Waals surface area (Å²) in [5.41, 5.74) is 2.70. The molecule has 1 aliphatic carbocycles. The van der Waals surface area contributed by atoms with Crippen LogP contribution < -0.4 is 0 Å². The molecule has 1 aromatic carbocycles. The van der Waals surface area contributed by atoms with Gasteiger partial charge in [0.05, 0.1) is 5.60 Å². The monoisotopic (exact) mass is 374 g/mol. The highest BCUT2D eigenvalue weighted by Gasteiger charge is 2.46. The minimum atomic E-state index is -0.781. The number of aryl methyl sites for hydroxylation is 2. The number of hydrogen-bond acceptors (Lipinski definition) is 3. The van der Waals surface area contributed by atoms with Crippen LogP contribution >= 0.6 is 0 Å². The third-order valence-corrected chi connectivity index (χ3v) is 5.95. The lowest BCUT2D eigenvalue weighted by Crippen LogP contribution is -2.48. The Bertz CT molecular complexity index is 737. The van der Waals surface area contributed by atoms with Gasteiger partial charge in [-0.3, -0.25) is 4.79 Å². The molecular formula is C23H31FO3. The Morgan fingerprint density at radius 1 is 1.41 bits per heavy atom. The van der Waals surface area contributed by atoms with Gasteiger partial charge in [-0.2, -0.15) is 0 Å². The second-order valence-corrected chi connectivity index (χ2v) is 7.65. The van der Waals surface area contributed by atoms with Crippen LogP contribution in [0.4, 0.5) is 4.39 Å². The van der Waals surface area contributed by atoms with E-state index in [1.807, 2.05) is 33.8 Å². The average molecular weight is 374 g/mol. The van der Waals surface area contributed by atoms with Crippen LogP contribution in [0.15, 0.2) is 36.4 Å². The molecule has 1 aromatic rings. The van der Waals surface area contributed by atoms with E-state index in [1.165, 1.54) is 0 Å². The Kier molecular flexibility index (Phi) is 7.12. The highest BCUT2D eigenvalue weighted by Crippen LogP contribution is 2.44. The van der Waals surface area contributed by atoms with E-state index < -0.39 is 12.4 Å².